The fourth-order valence-corrected chi connectivity index (χ4v) is 6.09. The van der Waals surface area contributed by atoms with E-state index in [1.165, 1.54) is 12.8 Å². The van der Waals surface area contributed by atoms with E-state index in [1.54, 1.807) is 12.4 Å². The number of hydrogen-bond donors (Lipinski definition) is 2. The summed E-state index contributed by atoms with van der Waals surface area (Å²) in [5.41, 5.74) is 0. The molecule has 6 rings (SSSR count). The Kier molecular flexibility index (Phi) is 16.9. The van der Waals surface area contributed by atoms with Gasteiger partial charge >= 0.3 is 5.97 Å². The van der Waals surface area contributed by atoms with Crippen LogP contribution in [0.15, 0.2) is 39.7 Å². The molecule has 0 unspecified atom stereocenters. The molecule has 246 valence electrons. The smallest absolute Gasteiger partial charge is 0.306 e. The van der Waals surface area contributed by atoms with E-state index in [1.807, 2.05) is 23.2 Å². The van der Waals surface area contributed by atoms with E-state index < -0.39 is 13.1 Å². The lowest BCUT2D eigenvalue weighted by molar-refractivity contribution is -0.141. The lowest BCUT2D eigenvalue weighted by Gasteiger charge is -2.36. The van der Waals surface area contributed by atoms with E-state index in [9.17, 15) is 14.0 Å². The number of nitrogens with one attached hydrogen (secondary N) is 1. The topological polar surface area (TPSA) is 115 Å². The van der Waals surface area contributed by atoms with Gasteiger partial charge in [0.15, 0.2) is 0 Å². The summed E-state index contributed by atoms with van der Waals surface area (Å²) in [7, 11) is -1.00. The molecule has 44 heavy (non-hydrogen) atoms. The summed E-state index contributed by atoms with van der Waals surface area (Å²) in [4.78, 5) is 42.0. The first-order valence-corrected chi connectivity index (χ1v) is 16.6. The third-order valence-electron chi connectivity index (χ3n) is 8.04. The van der Waals surface area contributed by atoms with E-state index in [4.69, 9.17) is 6.48 Å². The first kappa shape index (κ1) is 36.1. The Balaban J connectivity index is 0.000000242. The van der Waals surface area contributed by atoms with Gasteiger partial charge in [-0.1, -0.05) is 33.1 Å². The van der Waals surface area contributed by atoms with Crippen molar-refractivity contribution in [3.05, 3.63) is 39.7 Å². The van der Waals surface area contributed by atoms with Crippen LogP contribution in [0.1, 0.15) is 60.2 Å². The van der Waals surface area contributed by atoms with Crippen LogP contribution in [0.25, 0.3) is 0 Å². The van der Waals surface area contributed by atoms with Crippen LogP contribution in [0.3, 0.4) is 0 Å². The van der Waals surface area contributed by atoms with Crippen LogP contribution in [0, 0.1) is 11.8 Å². The lowest BCUT2D eigenvalue weighted by Crippen LogP contribution is -2.50. The summed E-state index contributed by atoms with van der Waals surface area (Å²) in [6.07, 6.45) is 14.0. The minimum atomic E-state index is -1.00. The van der Waals surface area contributed by atoms with Crippen molar-refractivity contribution in [2.45, 2.75) is 58.8 Å². The predicted molar refractivity (Wildman–Crippen MR) is 181 cm³/mol. The molecule has 13 heteroatoms. The van der Waals surface area contributed by atoms with Crippen molar-refractivity contribution in [3.63, 3.8) is 0 Å². The number of pyridine rings is 1. The third-order valence-corrected chi connectivity index (χ3v) is 8.92. The van der Waals surface area contributed by atoms with Crippen LogP contribution in [0.4, 0.5) is 16.2 Å². The van der Waals surface area contributed by atoms with Crippen molar-refractivity contribution >= 4 is 55.5 Å². The molecule has 0 spiro atoms. The average Bonchev–Trinajstić information content (AvgIpc) is 3.79. The second kappa shape index (κ2) is 20.6. The van der Waals surface area contributed by atoms with Crippen molar-refractivity contribution < 1.29 is 20.5 Å². The molecule has 2 saturated carbocycles. The number of nitrogens with zero attached hydrogens (tertiary/aromatic N) is 6. The first-order chi connectivity index (χ1) is 21.3. The summed E-state index contributed by atoms with van der Waals surface area (Å²) in [5, 5.41) is 11.7. The summed E-state index contributed by atoms with van der Waals surface area (Å²) in [6, 6.07) is 4.04. The maximum absolute atomic E-state index is 12.4. The van der Waals surface area contributed by atoms with Crippen LogP contribution in [0.2, 0.25) is 0 Å². The van der Waals surface area contributed by atoms with Crippen molar-refractivity contribution in [2.75, 3.05) is 69.3 Å². The Morgan fingerprint density at radius 3 is 1.84 bits per heavy atom. The number of aliphatic carboxylic acids is 1. The highest BCUT2D eigenvalue weighted by Gasteiger charge is 2.29. The Hall–Kier alpha value is -2.38. The number of halogens is 3. The fraction of sp³-hybridized carbons (Fsp3) is 0.645. The normalized spacial score (nSPS) is 18.8. The van der Waals surface area contributed by atoms with Crippen molar-refractivity contribution in [3.8, 4) is 0 Å². The number of anilines is 2. The molecule has 4 aliphatic rings. The van der Waals surface area contributed by atoms with E-state index in [2.05, 4.69) is 61.9 Å². The molecule has 2 N–H and O–H groups in total. The molecule has 10 nitrogen and oxygen atoms in total. The number of piperazine rings is 2. The van der Waals surface area contributed by atoms with Gasteiger partial charge in [0.2, 0.25) is 11.9 Å². The van der Waals surface area contributed by atoms with Gasteiger partial charge in [0.25, 0.3) is 0 Å². The Morgan fingerprint density at radius 2 is 1.36 bits per heavy atom. The molecule has 0 radical (unpaired) electrons. The molecular formula is C31H48Br2FN7O3. The minimum Gasteiger partial charge on any atom is -0.481 e. The summed E-state index contributed by atoms with van der Waals surface area (Å²) >= 11 is 6.72. The highest BCUT2D eigenvalue weighted by molar-refractivity contribution is 9.10. The summed E-state index contributed by atoms with van der Waals surface area (Å²) in [6.45, 7) is 7.42. The van der Waals surface area contributed by atoms with Gasteiger partial charge in [-0.05, 0) is 69.7 Å². The van der Waals surface area contributed by atoms with Gasteiger partial charge in [-0.3, -0.25) is 14.0 Å². The summed E-state index contributed by atoms with van der Waals surface area (Å²) < 4.78 is 17.4. The number of alkyl halides is 1. The molecule has 0 bridgehead atoms. The van der Waals surface area contributed by atoms with Gasteiger partial charge in [0.05, 0.1) is 18.9 Å². The van der Waals surface area contributed by atoms with Crippen molar-refractivity contribution in [2.24, 2.45) is 11.8 Å². The molecule has 2 aromatic heterocycles. The minimum absolute atomic E-state index is 0. The maximum Gasteiger partial charge on any atom is 0.306 e. The third kappa shape index (κ3) is 12.2. The Bertz CT molecular complexity index is 1110. The molecule has 2 aliphatic heterocycles. The Labute approximate surface area is 279 Å². The SMILES string of the molecule is Brc1cnc(N2CCNCC2)nc1.C.O=C(C1CCCC1)N1CCN(c2ccc(Br)cn2)CC1.O=C(O)C1CCCC1.[2H]CF. The zero-order valence-electron chi connectivity index (χ0n) is 25.6. The zero-order chi connectivity index (χ0) is 31.7. The van der Waals surface area contributed by atoms with Crippen LogP contribution in [-0.4, -0.2) is 96.3 Å². The van der Waals surface area contributed by atoms with Gasteiger partial charge in [0.1, 0.15) is 5.82 Å². The second-order valence-corrected chi connectivity index (χ2v) is 12.7. The molecule has 2 saturated heterocycles. The maximum atomic E-state index is 12.4. The van der Waals surface area contributed by atoms with E-state index in [0.29, 0.717) is 11.8 Å². The van der Waals surface area contributed by atoms with Crippen LogP contribution in [-0.2, 0) is 9.59 Å². The molecule has 2 aromatic rings. The lowest BCUT2D eigenvalue weighted by atomic mass is 10.1. The van der Waals surface area contributed by atoms with Gasteiger partial charge in [-0.2, -0.15) is 0 Å². The van der Waals surface area contributed by atoms with Gasteiger partial charge in [0, 0.05) is 81.3 Å². The highest BCUT2D eigenvalue weighted by atomic mass is 79.9. The number of carboxylic acid groups (broad SMARTS) is 1. The Morgan fingerprint density at radius 1 is 0.841 bits per heavy atom. The fourth-order valence-electron chi connectivity index (χ4n) is 5.65. The van der Waals surface area contributed by atoms with E-state index in [0.717, 1.165) is 112 Å². The number of amides is 1. The number of rotatable bonds is 4. The highest BCUT2D eigenvalue weighted by Crippen LogP contribution is 2.27. The summed E-state index contributed by atoms with van der Waals surface area (Å²) in [5.74, 6) is 1.88. The first-order valence-electron chi connectivity index (χ1n) is 15.7. The standard InChI is InChI=1S/C15H20BrN3O.C8H11BrN4.C6H10O2.CH3F.CH4/c16-13-5-6-14(17-11-13)18-7-9-19(10-8-18)15(20)12-3-1-2-4-12;9-7-5-11-8(12-6-7)13-3-1-10-2-4-13;7-6(8)5-3-1-2-4-5;1-2;/h5-6,11-12H,1-4,7-10H2;5-6,10H,1-4H2;5H,1-4H2,(H,7,8);1H3;1H4/i;;;1D;. The second-order valence-electron chi connectivity index (χ2n) is 10.9. The molecular weight excluding hydrogens is 697 g/mol. The van der Waals surface area contributed by atoms with Gasteiger partial charge < -0.3 is 25.1 Å². The monoisotopic (exact) mass is 744 g/mol. The molecule has 1 amide bonds. The average molecular weight is 747 g/mol. The van der Waals surface area contributed by atoms with E-state index in [-0.39, 0.29) is 13.3 Å². The largest absolute Gasteiger partial charge is 0.481 e. The number of aromatic nitrogens is 3. The predicted octanol–water partition coefficient (Wildman–Crippen LogP) is 5.81. The number of carbonyl (C=O) groups excluding carboxylic acids is 1. The molecule has 4 heterocycles. The number of carbonyl (C=O) groups is 2. The number of hydrogen-bond acceptors (Lipinski definition) is 8. The zero-order valence-corrected chi connectivity index (χ0v) is 27.8. The van der Waals surface area contributed by atoms with E-state index >= 15 is 0 Å². The quantitative estimate of drug-likeness (QED) is 0.400. The molecule has 4 fully saturated rings. The van der Waals surface area contributed by atoms with Gasteiger partial charge in [-0.15, -0.1) is 0 Å². The van der Waals surface area contributed by atoms with Gasteiger partial charge in [-0.25, -0.2) is 15.0 Å². The molecule has 0 aromatic carbocycles. The van der Waals surface area contributed by atoms with Crippen LogP contribution in [0.5, 0.6) is 0 Å². The molecule has 0 atom stereocenters. The van der Waals surface area contributed by atoms with Crippen molar-refractivity contribution in [1.82, 2.24) is 25.2 Å². The van der Waals surface area contributed by atoms with Crippen LogP contribution < -0.4 is 15.1 Å². The molecule has 2 aliphatic carbocycles. The number of carboxylic acids is 1. The van der Waals surface area contributed by atoms with Crippen LogP contribution >= 0.6 is 31.9 Å². The van der Waals surface area contributed by atoms with Crippen molar-refractivity contribution in [1.29, 1.82) is 0 Å².